The first-order valence-electron chi connectivity index (χ1n) is 3.39. The van der Waals surface area contributed by atoms with Crippen molar-refractivity contribution in [1.29, 1.82) is 0 Å². The second-order valence-corrected chi connectivity index (χ2v) is 5.06. The zero-order chi connectivity index (χ0) is 7.28. The summed E-state index contributed by atoms with van der Waals surface area (Å²) in [6, 6.07) is 0. The summed E-state index contributed by atoms with van der Waals surface area (Å²) in [5.41, 5.74) is 1.21. The van der Waals surface area contributed by atoms with E-state index >= 15 is 0 Å². The molecule has 0 aromatic heterocycles. The quantitative estimate of drug-likeness (QED) is 0.433. The molecular weight excluding hydrogens is 128 g/mol. The lowest BCUT2D eigenvalue weighted by atomic mass is 10.3. The van der Waals surface area contributed by atoms with E-state index in [1.54, 1.807) is 0 Å². The summed E-state index contributed by atoms with van der Waals surface area (Å²) in [5.74, 6) is 0. The van der Waals surface area contributed by atoms with Crippen molar-refractivity contribution in [2.45, 2.75) is 26.4 Å². The van der Waals surface area contributed by atoms with Gasteiger partial charge in [-0.25, -0.2) is 0 Å². The number of hydrogen-bond donors (Lipinski definition) is 0. The largest absolute Gasteiger partial charge is 0.420 e. The van der Waals surface area contributed by atoms with E-state index in [1.807, 2.05) is 6.92 Å². The fraction of sp³-hybridized carbons (Fsp3) is 0.714. The zero-order valence-corrected chi connectivity index (χ0v) is 7.76. The molecule has 0 aliphatic heterocycles. The van der Waals surface area contributed by atoms with E-state index < -0.39 is 9.04 Å². The first-order chi connectivity index (χ1) is 4.13. The van der Waals surface area contributed by atoms with Gasteiger partial charge in [-0.15, -0.1) is 6.58 Å². The van der Waals surface area contributed by atoms with Crippen molar-refractivity contribution >= 4 is 9.04 Å². The van der Waals surface area contributed by atoms with Gasteiger partial charge in [0, 0.05) is 6.61 Å². The van der Waals surface area contributed by atoms with Crippen LogP contribution in [0.25, 0.3) is 0 Å². The van der Waals surface area contributed by atoms with Crippen LogP contribution in [0, 0.1) is 0 Å². The molecule has 0 bridgehead atoms. The molecule has 0 heterocycles. The Kier molecular flexibility index (Phi) is 4.72. The van der Waals surface area contributed by atoms with Gasteiger partial charge in [-0.2, -0.15) is 0 Å². The van der Waals surface area contributed by atoms with Crippen molar-refractivity contribution in [3.8, 4) is 0 Å². The van der Waals surface area contributed by atoms with Crippen LogP contribution in [0.4, 0.5) is 0 Å². The van der Waals surface area contributed by atoms with Crippen LogP contribution in [0.15, 0.2) is 12.2 Å². The molecule has 0 amide bonds. The molecule has 0 rings (SSSR count). The van der Waals surface area contributed by atoms with Crippen molar-refractivity contribution in [3.63, 3.8) is 0 Å². The molecule has 0 unspecified atom stereocenters. The molecule has 0 aromatic carbocycles. The van der Waals surface area contributed by atoms with Gasteiger partial charge in [0.2, 0.25) is 0 Å². The van der Waals surface area contributed by atoms with Gasteiger partial charge in [0.25, 0.3) is 0 Å². The smallest absolute Gasteiger partial charge is 0.170 e. The molecule has 0 fully saturated rings. The molecule has 1 nitrogen and oxygen atoms in total. The first-order valence-corrected chi connectivity index (χ1v) is 6.17. The van der Waals surface area contributed by atoms with Crippen LogP contribution in [-0.2, 0) is 4.43 Å². The van der Waals surface area contributed by atoms with Gasteiger partial charge in [0.1, 0.15) is 0 Å². The average molecular weight is 144 g/mol. The van der Waals surface area contributed by atoms with Crippen LogP contribution in [0.2, 0.25) is 13.1 Å². The van der Waals surface area contributed by atoms with Crippen LogP contribution >= 0.6 is 0 Å². The first kappa shape index (κ1) is 8.92. The van der Waals surface area contributed by atoms with Crippen LogP contribution < -0.4 is 0 Å². The fourth-order valence-electron chi connectivity index (χ4n) is 0.469. The lowest BCUT2D eigenvalue weighted by Gasteiger charge is -2.04. The Bertz CT molecular complexity index is 88.9. The molecule has 0 aliphatic carbocycles. The number of rotatable bonds is 4. The van der Waals surface area contributed by atoms with E-state index in [9.17, 15) is 0 Å². The maximum absolute atomic E-state index is 5.43. The monoisotopic (exact) mass is 144 g/mol. The van der Waals surface area contributed by atoms with Crippen LogP contribution in [0.5, 0.6) is 0 Å². The number of hydrogen-bond acceptors (Lipinski definition) is 1. The SMILES string of the molecule is C=C(C)CCO[SiH](C)C. The van der Waals surface area contributed by atoms with Gasteiger partial charge in [-0.3, -0.25) is 0 Å². The Morgan fingerprint density at radius 1 is 1.56 bits per heavy atom. The van der Waals surface area contributed by atoms with Gasteiger partial charge in [-0.05, 0) is 26.4 Å². The fourth-order valence-corrected chi connectivity index (χ4v) is 1.06. The van der Waals surface area contributed by atoms with E-state index in [0.717, 1.165) is 13.0 Å². The molecule has 0 radical (unpaired) electrons. The van der Waals surface area contributed by atoms with Crippen LogP contribution in [-0.4, -0.2) is 15.6 Å². The summed E-state index contributed by atoms with van der Waals surface area (Å²) < 4.78 is 5.43. The predicted octanol–water partition coefficient (Wildman–Crippen LogP) is 1.95. The molecule has 0 saturated heterocycles. The van der Waals surface area contributed by atoms with Crippen molar-refractivity contribution in [1.82, 2.24) is 0 Å². The molecule has 0 atom stereocenters. The molecule has 0 saturated carbocycles. The Hall–Kier alpha value is -0.0831. The predicted molar refractivity (Wildman–Crippen MR) is 44.3 cm³/mol. The Labute approximate surface area is 59.5 Å². The van der Waals surface area contributed by atoms with E-state index in [1.165, 1.54) is 5.57 Å². The Morgan fingerprint density at radius 3 is 2.44 bits per heavy atom. The molecule has 2 heteroatoms. The van der Waals surface area contributed by atoms with E-state index in [4.69, 9.17) is 4.43 Å². The highest BCUT2D eigenvalue weighted by molar-refractivity contribution is 6.48. The summed E-state index contributed by atoms with van der Waals surface area (Å²) in [4.78, 5) is 0. The van der Waals surface area contributed by atoms with Crippen molar-refractivity contribution < 1.29 is 4.43 Å². The minimum absolute atomic E-state index is 0.771. The minimum atomic E-state index is -0.771. The lowest BCUT2D eigenvalue weighted by Crippen LogP contribution is -2.08. The molecule has 0 aliphatic rings. The molecule has 0 N–H and O–H groups in total. The molecule has 0 aromatic rings. The lowest BCUT2D eigenvalue weighted by molar-refractivity contribution is 0.330. The summed E-state index contributed by atoms with van der Waals surface area (Å²) in [6.45, 7) is 11.1. The van der Waals surface area contributed by atoms with Crippen LogP contribution in [0.1, 0.15) is 13.3 Å². The minimum Gasteiger partial charge on any atom is -0.420 e. The third kappa shape index (κ3) is 7.92. The molecule has 0 spiro atoms. The third-order valence-electron chi connectivity index (χ3n) is 0.980. The standard InChI is InChI=1S/C7H16OSi/c1-7(2)5-6-8-9(3)4/h9H,1,5-6H2,2-4H3. The van der Waals surface area contributed by atoms with Crippen molar-refractivity contribution in [2.75, 3.05) is 6.61 Å². The summed E-state index contributed by atoms with van der Waals surface area (Å²) in [6.07, 6.45) is 1.02. The Morgan fingerprint density at radius 2 is 2.11 bits per heavy atom. The zero-order valence-electron chi connectivity index (χ0n) is 6.61. The highest BCUT2D eigenvalue weighted by atomic mass is 28.3. The van der Waals surface area contributed by atoms with E-state index in [0.29, 0.717) is 0 Å². The van der Waals surface area contributed by atoms with Crippen molar-refractivity contribution in [3.05, 3.63) is 12.2 Å². The normalized spacial score (nSPS) is 10.2. The highest BCUT2D eigenvalue weighted by Crippen LogP contribution is 1.96. The highest BCUT2D eigenvalue weighted by Gasteiger charge is 1.93. The average Bonchev–Trinajstić information content (AvgIpc) is 1.63. The molecule has 9 heavy (non-hydrogen) atoms. The van der Waals surface area contributed by atoms with Gasteiger partial charge in [0.15, 0.2) is 9.04 Å². The maximum atomic E-state index is 5.43. The molecule has 54 valence electrons. The summed E-state index contributed by atoms with van der Waals surface area (Å²) in [5, 5.41) is 0. The maximum Gasteiger partial charge on any atom is 0.170 e. The van der Waals surface area contributed by atoms with Gasteiger partial charge < -0.3 is 4.43 Å². The topological polar surface area (TPSA) is 9.23 Å². The summed E-state index contributed by atoms with van der Waals surface area (Å²) in [7, 11) is -0.771. The van der Waals surface area contributed by atoms with Gasteiger partial charge >= 0.3 is 0 Å². The van der Waals surface area contributed by atoms with Gasteiger partial charge in [0.05, 0.1) is 0 Å². The summed E-state index contributed by atoms with van der Waals surface area (Å²) >= 11 is 0. The van der Waals surface area contributed by atoms with Crippen LogP contribution in [0.3, 0.4) is 0 Å². The van der Waals surface area contributed by atoms with E-state index in [-0.39, 0.29) is 0 Å². The molecular formula is C7H16OSi. The van der Waals surface area contributed by atoms with Gasteiger partial charge in [-0.1, -0.05) is 5.57 Å². The third-order valence-corrected chi connectivity index (χ3v) is 1.88. The van der Waals surface area contributed by atoms with Crippen molar-refractivity contribution in [2.24, 2.45) is 0 Å². The Balaban J connectivity index is 3.01. The second kappa shape index (κ2) is 4.76. The second-order valence-electron chi connectivity index (χ2n) is 2.63. The van der Waals surface area contributed by atoms with E-state index in [2.05, 4.69) is 19.7 Å².